The Bertz CT molecular complexity index is 952. The molecule has 1 N–H and O–H groups in total. The first kappa shape index (κ1) is 24.5. The average Bonchev–Trinajstić information content (AvgIpc) is 3.29. The Kier molecular flexibility index (Phi) is 7.61. The molecule has 2 amide bonds. The fourth-order valence-electron chi connectivity index (χ4n) is 3.67. The van der Waals surface area contributed by atoms with E-state index in [4.69, 9.17) is 9.15 Å². The normalized spacial score (nSPS) is 16.8. The molecular weight excluding hydrogens is 422 g/mol. The summed E-state index contributed by atoms with van der Waals surface area (Å²) in [6.45, 7) is 13.2. The minimum absolute atomic E-state index is 0.124. The molecule has 1 aliphatic heterocycles. The number of rotatable bonds is 6. The number of aromatic nitrogens is 2. The summed E-state index contributed by atoms with van der Waals surface area (Å²) in [6, 6.07) is 3.56. The van der Waals surface area contributed by atoms with Gasteiger partial charge in [0.1, 0.15) is 28.6 Å². The molecule has 0 bridgehead atoms. The maximum absolute atomic E-state index is 13.6. The van der Waals surface area contributed by atoms with Gasteiger partial charge in [0.2, 0.25) is 0 Å². The molecule has 0 aliphatic carbocycles. The van der Waals surface area contributed by atoms with Crippen molar-refractivity contribution in [3.05, 3.63) is 41.7 Å². The van der Waals surface area contributed by atoms with Crippen LogP contribution in [0.1, 0.15) is 75.8 Å². The van der Waals surface area contributed by atoms with Gasteiger partial charge in [-0.1, -0.05) is 20.8 Å². The highest BCUT2D eigenvalue weighted by Gasteiger charge is 2.35. The summed E-state index contributed by atoms with van der Waals surface area (Å²) in [7, 11) is 0. The second kappa shape index (κ2) is 10.2. The van der Waals surface area contributed by atoms with E-state index < -0.39 is 5.60 Å². The summed E-state index contributed by atoms with van der Waals surface area (Å²) in [5.41, 5.74) is -0.148. The Morgan fingerprint density at radius 1 is 1.30 bits per heavy atom. The maximum Gasteiger partial charge on any atom is 0.410 e. The van der Waals surface area contributed by atoms with Crippen molar-refractivity contribution in [2.24, 2.45) is 0 Å². The number of nitrogens with one attached hydrogen (secondary N) is 1. The molecule has 2 aromatic rings. The lowest BCUT2D eigenvalue weighted by atomic mass is 10.1. The van der Waals surface area contributed by atoms with E-state index in [2.05, 4.69) is 15.3 Å². The lowest BCUT2D eigenvalue weighted by Gasteiger charge is -2.41. The third-order valence-corrected chi connectivity index (χ3v) is 5.43. The summed E-state index contributed by atoms with van der Waals surface area (Å²) in [4.78, 5) is 38.7. The number of furan rings is 1. The molecule has 0 aromatic carbocycles. The highest BCUT2D eigenvalue weighted by atomic mass is 16.6. The highest BCUT2D eigenvalue weighted by molar-refractivity contribution is 5.98. The number of nitrogens with zero attached hydrogens (tertiary/aromatic N) is 4. The van der Waals surface area contributed by atoms with Gasteiger partial charge in [0.15, 0.2) is 0 Å². The van der Waals surface area contributed by atoms with E-state index in [9.17, 15) is 9.59 Å². The number of amides is 2. The van der Waals surface area contributed by atoms with E-state index in [0.29, 0.717) is 49.8 Å². The van der Waals surface area contributed by atoms with Crippen LogP contribution < -0.4 is 5.32 Å². The maximum atomic E-state index is 13.6. The molecule has 1 atom stereocenters. The predicted octanol–water partition coefficient (Wildman–Crippen LogP) is 4.28. The van der Waals surface area contributed by atoms with Gasteiger partial charge in [-0.3, -0.25) is 4.79 Å². The third kappa shape index (κ3) is 6.24. The highest BCUT2D eigenvalue weighted by Crippen LogP contribution is 2.23. The van der Waals surface area contributed by atoms with E-state index >= 15 is 0 Å². The Hall–Kier alpha value is -3.10. The van der Waals surface area contributed by atoms with Crippen molar-refractivity contribution in [2.75, 3.05) is 25.0 Å². The Morgan fingerprint density at radius 3 is 2.67 bits per heavy atom. The van der Waals surface area contributed by atoms with Gasteiger partial charge in [-0.15, -0.1) is 0 Å². The fraction of sp³-hybridized carbons (Fsp3) is 0.583. The van der Waals surface area contributed by atoms with Crippen molar-refractivity contribution in [1.82, 2.24) is 19.8 Å². The van der Waals surface area contributed by atoms with Crippen LogP contribution in [-0.4, -0.2) is 63.0 Å². The topological polar surface area (TPSA) is 101 Å². The van der Waals surface area contributed by atoms with Crippen LogP contribution in [0.2, 0.25) is 0 Å². The summed E-state index contributed by atoms with van der Waals surface area (Å²) >= 11 is 0. The molecule has 9 heteroatoms. The first-order valence-electron chi connectivity index (χ1n) is 11.5. The van der Waals surface area contributed by atoms with Gasteiger partial charge >= 0.3 is 6.09 Å². The van der Waals surface area contributed by atoms with Gasteiger partial charge in [0.05, 0.1) is 12.8 Å². The van der Waals surface area contributed by atoms with Crippen LogP contribution in [0.5, 0.6) is 0 Å². The molecule has 2 aromatic heterocycles. The van der Waals surface area contributed by atoms with Crippen molar-refractivity contribution in [3.8, 4) is 0 Å². The van der Waals surface area contributed by atoms with Crippen LogP contribution in [0.25, 0.3) is 0 Å². The van der Waals surface area contributed by atoms with Crippen LogP contribution in [0, 0.1) is 0 Å². The zero-order valence-electron chi connectivity index (χ0n) is 20.4. The summed E-state index contributed by atoms with van der Waals surface area (Å²) in [5.74, 6) is 1.87. The standard InChI is InChI=1S/C24H35N5O4/c1-7-17-15-28(23(31)33-24(4,5)6)10-11-29(17)22(30)19-14-26-20(16(2)3)27-21(19)25-13-18-9-8-12-32-18/h8-9,12,14,16-17H,7,10-11,13,15H2,1-6H3,(H,25,26,27). The summed E-state index contributed by atoms with van der Waals surface area (Å²) in [5, 5.41) is 3.24. The molecule has 0 spiro atoms. The number of anilines is 1. The second-order valence-electron chi connectivity index (χ2n) is 9.57. The number of piperazine rings is 1. The number of carbonyl (C=O) groups is 2. The zero-order chi connectivity index (χ0) is 24.2. The van der Waals surface area contributed by atoms with Crippen LogP contribution in [-0.2, 0) is 11.3 Å². The van der Waals surface area contributed by atoms with Crippen LogP contribution >= 0.6 is 0 Å². The van der Waals surface area contributed by atoms with Gasteiger partial charge < -0.3 is 24.3 Å². The monoisotopic (exact) mass is 457 g/mol. The molecule has 1 fully saturated rings. The fourth-order valence-corrected chi connectivity index (χ4v) is 3.67. The van der Waals surface area contributed by atoms with Gasteiger partial charge in [-0.25, -0.2) is 14.8 Å². The van der Waals surface area contributed by atoms with E-state index in [0.717, 1.165) is 5.76 Å². The first-order chi connectivity index (χ1) is 15.6. The van der Waals surface area contributed by atoms with E-state index in [1.807, 2.05) is 58.6 Å². The first-order valence-corrected chi connectivity index (χ1v) is 11.5. The predicted molar refractivity (Wildman–Crippen MR) is 125 cm³/mol. The van der Waals surface area contributed by atoms with E-state index in [1.165, 1.54) is 0 Å². The third-order valence-electron chi connectivity index (χ3n) is 5.43. The molecule has 9 nitrogen and oxygen atoms in total. The average molecular weight is 458 g/mol. The number of carbonyl (C=O) groups excluding carboxylic acids is 2. The van der Waals surface area contributed by atoms with E-state index in [1.54, 1.807) is 17.4 Å². The van der Waals surface area contributed by atoms with Crippen LogP contribution in [0.15, 0.2) is 29.0 Å². The quantitative estimate of drug-likeness (QED) is 0.691. The van der Waals surface area contributed by atoms with Crippen molar-refractivity contribution in [3.63, 3.8) is 0 Å². The van der Waals surface area contributed by atoms with Crippen molar-refractivity contribution >= 4 is 17.8 Å². The summed E-state index contributed by atoms with van der Waals surface area (Å²) < 4.78 is 10.9. The molecule has 1 aliphatic rings. The molecule has 3 rings (SSSR count). The van der Waals surface area contributed by atoms with Crippen molar-refractivity contribution in [1.29, 1.82) is 0 Å². The van der Waals surface area contributed by atoms with Gasteiger partial charge in [-0.2, -0.15) is 0 Å². The minimum Gasteiger partial charge on any atom is -0.467 e. The van der Waals surface area contributed by atoms with Crippen molar-refractivity contribution < 1.29 is 18.7 Å². The molecule has 0 saturated carbocycles. The molecule has 1 unspecified atom stereocenters. The van der Waals surface area contributed by atoms with Crippen LogP contribution in [0.4, 0.5) is 10.6 Å². The summed E-state index contributed by atoms with van der Waals surface area (Å²) in [6.07, 6.45) is 3.57. The smallest absolute Gasteiger partial charge is 0.410 e. The largest absolute Gasteiger partial charge is 0.467 e. The lowest BCUT2D eigenvalue weighted by Crippen LogP contribution is -2.57. The molecule has 0 radical (unpaired) electrons. The molecule has 3 heterocycles. The lowest BCUT2D eigenvalue weighted by molar-refractivity contribution is 0.00399. The zero-order valence-corrected chi connectivity index (χ0v) is 20.4. The van der Waals surface area contributed by atoms with Crippen LogP contribution in [0.3, 0.4) is 0 Å². The Morgan fingerprint density at radius 2 is 2.06 bits per heavy atom. The Labute approximate surface area is 195 Å². The Balaban J connectivity index is 1.79. The number of hydrogen-bond donors (Lipinski definition) is 1. The van der Waals surface area contributed by atoms with Gasteiger partial charge in [0.25, 0.3) is 5.91 Å². The molecule has 180 valence electrons. The van der Waals surface area contributed by atoms with Gasteiger partial charge in [-0.05, 0) is 39.3 Å². The SMILES string of the molecule is CCC1CN(C(=O)OC(C)(C)C)CCN1C(=O)c1cnc(C(C)C)nc1NCc1ccco1. The number of hydrogen-bond acceptors (Lipinski definition) is 7. The van der Waals surface area contributed by atoms with Gasteiger partial charge in [0, 0.05) is 37.8 Å². The number of ether oxygens (including phenoxy) is 1. The van der Waals surface area contributed by atoms with Crippen molar-refractivity contribution in [2.45, 2.75) is 72.1 Å². The second-order valence-corrected chi connectivity index (χ2v) is 9.57. The molecular formula is C24H35N5O4. The molecule has 33 heavy (non-hydrogen) atoms. The molecule has 1 saturated heterocycles. The van der Waals surface area contributed by atoms with E-state index in [-0.39, 0.29) is 24.0 Å². The minimum atomic E-state index is -0.560.